The van der Waals surface area contributed by atoms with E-state index in [1.807, 2.05) is 12.1 Å². The highest BCUT2D eigenvalue weighted by Gasteiger charge is 2.28. The Balaban J connectivity index is 1.91. The van der Waals surface area contributed by atoms with E-state index < -0.39 is 0 Å². The molecule has 2 heteroatoms. The number of phenols is 1. The van der Waals surface area contributed by atoms with Gasteiger partial charge >= 0.3 is 0 Å². The van der Waals surface area contributed by atoms with Crippen LogP contribution in [0.5, 0.6) is 5.75 Å². The van der Waals surface area contributed by atoms with Crippen LogP contribution < -0.4 is 0 Å². The van der Waals surface area contributed by atoms with Gasteiger partial charge in [-0.3, -0.25) is 4.90 Å². The average Bonchev–Trinajstić information content (AvgIpc) is 2.28. The lowest BCUT2D eigenvalue weighted by Gasteiger charge is -2.38. The van der Waals surface area contributed by atoms with Crippen molar-refractivity contribution in [2.45, 2.75) is 52.1 Å². The Morgan fingerprint density at radius 3 is 2.56 bits per heavy atom. The quantitative estimate of drug-likeness (QED) is 0.878. The molecule has 1 N–H and O–H groups in total. The predicted octanol–water partition coefficient (Wildman–Crippen LogP) is 3.79. The minimum atomic E-state index is 0.366. The fraction of sp³-hybridized carbons (Fsp3) is 0.625. The molecule has 1 aliphatic carbocycles. The minimum absolute atomic E-state index is 0.366. The summed E-state index contributed by atoms with van der Waals surface area (Å²) in [4.78, 5) is 2.43. The van der Waals surface area contributed by atoms with Gasteiger partial charge in [-0.25, -0.2) is 0 Å². The number of phenolic OH excluding ortho intramolecular Hbond substituents is 1. The fourth-order valence-electron chi connectivity index (χ4n) is 2.90. The van der Waals surface area contributed by atoms with Crippen LogP contribution in [0.4, 0.5) is 0 Å². The van der Waals surface area contributed by atoms with Crippen molar-refractivity contribution in [1.29, 1.82) is 0 Å². The molecule has 18 heavy (non-hydrogen) atoms. The van der Waals surface area contributed by atoms with Gasteiger partial charge in [0.2, 0.25) is 0 Å². The molecule has 1 fully saturated rings. The molecule has 1 saturated carbocycles. The summed E-state index contributed by atoms with van der Waals surface area (Å²) >= 11 is 0. The summed E-state index contributed by atoms with van der Waals surface area (Å²) in [6.45, 7) is 5.68. The third-order valence-corrected chi connectivity index (χ3v) is 4.27. The van der Waals surface area contributed by atoms with Crippen LogP contribution in [0.3, 0.4) is 0 Å². The summed E-state index contributed by atoms with van der Waals surface area (Å²) in [5.41, 5.74) is 1.73. The number of rotatable bonds is 3. The van der Waals surface area contributed by atoms with Crippen LogP contribution in [0, 0.1) is 5.41 Å². The van der Waals surface area contributed by atoms with Gasteiger partial charge in [-0.2, -0.15) is 0 Å². The van der Waals surface area contributed by atoms with Gasteiger partial charge in [0.1, 0.15) is 5.75 Å². The number of hydrogen-bond acceptors (Lipinski definition) is 2. The monoisotopic (exact) mass is 247 g/mol. The maximum absolute atomic E-state index is 9.49. The highest BCUT2D eigenvalue weighted by molar-refractivity contribution is 5.27. The Hall–Kier alpha value is -1.02. The molecular formula is C16H25NO. The Bertz CT molecular complexity index is 390. The molecule has 0 saturated heterocycles. The van der Waals surface area contributed by atoms with E-state index in [9.17, 15) is 5.11 Å². The number of benzene rings is 1. The topological polar surface area (TPSA) is 23.5 Å². The molecule has 2 rings (SSSR count). The van der Waals surface area contributed by atoms with Crippen molar-refractivity contribution in [2.24, 2.45) is 5.41 Å². The first-order valence-corrected chi connectivity index (χ1v) is 6.94. The molecule has 0 radical (unpaired) electrons. The summed E-state index contributed by atoms with van der Waals surface area (Å²) in [6, 6.07) is 8.29. The third-order valence-electron chi connectivity index (χ3n) is 4.27. The first-order chi connectivity index (χ1) is 8.46. The molecule has 2 nitrogen and oxygen atoms in total. The highest BCUT2D eigenvalue weighted by Crippen LogP contribution is 2.36. The Labute approximate surface area is 111 Å². The van der Waals surface area contributed by atoms with E-state index in [4.69, 9.17) is 0 Å². The lowest BCUT2D eigenvalue weighted by Crippen LogP contribution is -2.36. The van der Waals surface area contributed by atoms with Crippen molar-refractivity contribution < 1.29 is 5.11 Å². The van der Waals surface area contributed by atoms with Crippen LogP contribution in [-0.2, 0) is 6.54 Å². The lowest BCUT2D eigenvalue weighted by molar-refractivity contribution is 0.123. The molecule has 0 aromatic heterocycles. The Morgan fingerprint density at radius 2 is 1.94 bits per heavy atom. The van der Waals surface area contributed by atoms with E-state index >= 15 is 0 Å². The first-order valence-electron chi connectivity index (χ1n) is 6.94. The van der Waals surface area contributed by atoms with Gasteiger partial charge < -0.3 is 5.11 Å². The van der Waals surface area contributed by atoms with Crippen LogP contribution >= 0.6 is 0 Å². The first kappa shape index (κ1) is 13.4. The van der Waals surface area contributed by atoms with Crippen molar-refractivity contribution in [3.8, 4) is 5.75 Å². The van der Waals surface area contributed by atoms with Gasteiger partial charge in [-0.1, -0.05) is 26.0 Å². The van der Waals surface area contributed by atoms with E-state index in [-0.39, 0.29) is 0 Å². The van der Waals surface area contributed by atoms with E-state index in [0.717, 1.165) is 6.54 Å². The van der Waals surface area contributed by atoms with E-state index in [1.165, 1.54) is 31.2 Å². The van der Waals surface area contributed by atoms with E-state index in [1.54, 1.807) is 6.07 Å². The molecule has 100 valence electrons. The van der Waals surface area contributed by atoms with Crippen LogP contribution in [0.2, 0.25) is 0 Å². The Morgan fingerprint density at radius 1 is 1.28 bits per heavy atom. The maximum Gasteiger partial charge on any atom is 0.115 e. The van der Waals surface area contributed by atoms with Crippen molar-refractivity contribution in [3.63, 3.8) is 0 Å². The molecule has 1 aromatic carbocycles. The molecule has 0 amide bonds. The summed E-state index contributed by atoms with van der Waals surface area (Å²) in [7, 11) is 2.20. The highest BCUT2D eigenvalue weighted by atomic mass is 16.3. The molecule has 0 atom stereocenters. The molecular weight excluding hydrogens is 222 g/mol. The van der Waals surface area contributed by atoms with Gasteiger partial charge in [-0.15, -0.1) is 0 Å². The Kier molecular flexibility index (Phi) is 3.96. The molecule has 1 aliphatic rings. The largest absolute Gasteiger partial charge is 0.508 e. The number of hydrogen-bond donors (Lipinski definition) is 1. The second kappa shape index (κ2) is 5.31. The zero-order chi connectivity index (χ0) is 13.2. The zero-order valence-corrected chi connectivity index (χ0v) is 11.8. The number of aromatic hydroxyl groups is 1. The van der Waals surface area contributed by atoms with Gasteiger partial charge in [0.15, 0.2) is 0 Å². The standard InChI is InChI=1S/C16H25NO/c1-16(2)9-7-14(8-10-16)17(3)12-13-5-4-6-15(18)11-13/h4-6,11,14,18H,7-10,12H2,1-3H3. The van der Waals surface area contributed by atoms with Crippen molar-refractivity contribution in [1.82, 2.24) is 4.90 Å². The van der Waals surface area contributed by atoms with Crippen LogP contribution in [0.25, 0.3) is 0 Å². The molecule has 0 bridgehead atoms. The molecule has 0 unspecified atom stereocenters. The van der Waals surface area contributed by atoms with Gasteiger partial charge in [0, 0.05) is 12.6 Å². The fourth-order valence-corrected chi connectivity index (χ4v) is 2.90. The van der Waals surface area contributed by atoms with Crippen LogP contribution in [0.15, 0.2) is 24.3 Å². The second-order valence-corrected chi connectivity index (χ2v) is 6.48. The number of nitrogens with zero attached hydrogens (tertiary/aromatic N) is 1. The van der Waals surface area contributed by atoms with E-state index in [2.05, 4.69) is 31.9 Å². The summed E-state index contributed by atoms with van der Waals surface area (Å²) in [5.74, 6) is 0.366. The SMILES string of the molecule is CN(Cc1cccc(O)c1)C1CCC(C)(C)CC1. The van der Waals surface area contributed by atoms with Crippen LogP contribution in [0.1, 0.15) is 45.1 Å². The third kappa shape index (κ3) is 3.49. The molecule has 1 aromatic rings. The predicted molar refractivity (Wildman–Crippen MR) is 75.6 cm³/mol. The minimum Gasteiger partial charge on any atom is -0.508 e. The summed E-state index contributed by atoms with van der Waals surface area (Å²) < 4.78 is 0. The van der Waals surface area contributed by atoms with Crippen molar-refractivity contribution >= 4 is 0 Å². The van der Waals surface area contributed by atoms with Gasteiger partial charge in [0.05, 0.1) is 0 Å². The van der Waals surface area contributed by atoms with Crippen LogP contribution in [-0.4, -0.2) is 23.1 Å². The van der Waals surface area contributed by atoms with Gasteiger partial charge in [0.25, 0.3) is 0 Å². The zero-order valence-electron chi connectivity index (χ0n) is 11.8. The maximum atomic E-state index is 9.49. The van der Waals surface area contributed by atoms with E-state index in [0.29, 0.717) is 17.2 Å². The molecule has 0 aliphatic heterocycles. The normalized spacial score (nSPS) is 20.2. The second-order valence-electron chi connectivity index (χ2n) is 6.48. The summed E-state index contributed by atoms with van der Waals surface area (Å²) in [6.07, 6.45) is 5.23. The summed E-state index contributed by atoms with van der Waals surface area (Å²) in [5, 5.41) is 9.49. The molecule has 0 spiro atoms. The van der Waals surface area contributed by atoms with Gasteiger partial charge in [-0.05, 0) is 55.8 Å². The molecule has 0 heterocycles. The van der Waals surface area contributed by atoms with Crippen molar-refractivity contribution in [3.05, 3.63) is 29.8 Å². The van der Waals surface area contributed by atoms with Crippen molar-refractivity contribution in [2.75, 3.05) is 7.05 Å². The lowest BCUT2D eigenvalue weighted by atomic mass is 9.75. The smallest absolute Gasteiger partial charge is 0.115 e. The average molecular weight is 247 g/mol.